The van der Waals surface area contributed by atoms with Gasteiger partial charge >= 0.3 is 0 Å². The molecule has 4 nitrogen and oxygen atoms in total. The van der Waals surface area contributed by atoms with Gasteiger partial charge in [-0.3, -0.25) is 4.79 Å². The van der Waals surface area contributed by atoms with E-state index in [0.29, 0.717) is 28.8 Å². The molecule has 134 valence electrons. The van der Waals surface area contributed by atoms with Crippen molar-refractivity contribution in [3.63, 3.8) is 0 Å². The summed E-state index contributed by atoms with van der Waals surface area (Å²) in [5.74, 6) is -0.143. The maximum absolute atomic E-state index is 12.3. The van der Waals surface area contributed by atoms with Crippen molar-refractivity contribution < 1.29 is 9.69 Å². The molecule has 2 aromatic carbocycles. The van der Waals surface area contributed by atoms with E-state index in [1.165, 1.54) is 0 Å². The Balaban J connectivity index is 1.58. The number of nitrogens with one attached hydrogen (secondary N) is 2. The SMILES string of the molecule is C[NH+](CC(=O)Nc1c(Cl)cccc1Cl)Cc1csc(-c2ccccc2)n1. The number of halogens is 2. The zero-order chi connectivity index (χ0) is 18.5. The third-order valence-corrected chi connectivity index (χ3v) is 5.32. The number of hydrogen-bond acceptors (Lipinski definition) is 3. The lowest BCUT2D eigenvalue weighted by molar-refractivity contribution is -0.885. The van der Waals surface area contributed by atoms with Crippen molar-refractivity contribution in [2.75, 3.05) is 18.9 Å². The summed E-state index contributed by atoms with van der Waals surface area (Å²) in [6.45, 7) is 0.951. The van der Waals surface area contributed by atoms with Gasteiger partial charge < -0.3 is 10.2 Å². The Labute approximate surface area is 166 Å². The molecule has 3 aromatic rings. The molecule has 1 amide bonds. The summed E-state index contributed by atoms with van der Waals surface area (Å²) in [4.78, 5) is 18.0. The molecule has 7 heteroatoms. The van der Waals surface area contributed by atoms with Crippen molar-refractivity contribution in [2.24, 2.45) is 0 Å². The molecule has 26 heavy (non-hydrogen) atoms. The predicted molar refractivity (Wildman–Crippen MR) is 108 cm³/mol. The highest BCUT2D eigenvalue weighted by molar-refractivity contribution is 7.13. The van der Waals surface area contributed by atoms with Gasteiger partial charge in [0.05, 0.1) is 22.8 Å². The van der Waals surface area contributed by atoms with Crippen LogP contribution in [0.2, 0.25) is 10.0 Å². The highest BCUT2D eigenvalue weighted by atomic mass is 35.5. The van der Waals surface area contributed by atoms with Crippen LogP contribution in [-0.2, 0) is 11.3 Å². The topological polar surface area (TPSA) is 46.4 Å². The van der Waals surface area contributed by atoms with E-state index in [9.17, 15) is 4.79 Å². The van der Waals surface area contributed by atoms with Gasteiger partial charge in [-0.05, 0) is 12.1 Å². The van der Waals surface area contributed by atoms with Gasteiger partial charge in [0.15, 0.2) is 6.54 Å². The van der Waals surface area contributed by atoms with Gasteiger partial charge in [-0.25, -0.2) is 4.98 Å². The van der Waals surface area contributed by atoms with Gasteiger partial charge in [0.2, 0.25) is 0 Å². The summed E-state index contributed by atoms with van der Waals surface area (Å²) >= 11 is 13.8. The summed E-state index contributed by atoms with van der Waals surface area (Å²) in [6.07, 6.45) is 0. The quantitative estimate of drug-likeness (QED) is 0.654. The molecule has 0 aliphatic rings. The van der Waals surface area contributed by atoms with E-state index in [4.69, 9.17) is 23.2 Å². The number of nitrogens with zero attached hydrogens (tertiary/aromatic N) is 1. The van der Waals surface area contributed by atoms with E-state index in [0.717, 1.165) is 21.2 Å². The average molecular weight is 407 g/mol. The highest BCUT2D eigenvalue weighted by Gasteiger charge is 2.15. The van der Waals surface area contributed by atoms with Gasteiger partial charge in [0, 0.05) is 10.9 Å². The third-order valence-electron chi connectivity index (χ3n) is 3.74. The molecule has 2 N–H and O–H groups in total. The monoisotopic (exact) mass is 406 g/mol. The number of rotatable bonds is 6. The van der Waals surface area contributed by atoms with Gasteiger partial charge in [0.25, 0.3) is 5.91 Å². The summed E-state index contributed by atoms with van der Waals surface area (Å²) in [5, 5.41) is 6.66. The lowest BCUT2D eigenvalue weighted by atomic mass is 10.2. The Hall–Kier alpha value is -1.92. The first kappa shape index (κ1) is 18.9. The van der Waals surface area contributed by atoms with Crippen LogP contribution in [0.15, 0.2) is 53.9 Å². The summed E-state index contributed by atoms with van der Waals surface area (Å²) in [5.41, 5.74) is 2.52. The largest absolute Gasteiger partial charge is 0.325 e. The van der Waals surface area contributed by atoms with Crippen molar-refractivity contribution in [3.8, 4) is 10.6 Å². The molecular weight excluding hydrogens is 389 g/mol. The molecule has 1 heterocycles. The Kier molecular flexibility index (Phi) is 6.27. The number of carbonyl (C=O) groups is 1. The second kappa shape index (κ2) is 8.64. The molecule has 1 atom stereocenters. The molecule has 0 aliphatic heterocycles. The third kappa shape index (κ3) is 4.83. The highest BCUT2D eigenvalue weighted by Crippen LogP contribution is 2.29. The van der Waals surface area contributed by atoms with E-state index in [1.807, 2.05) is 42.8 Å². The first-order chi connectivity index (χ1) is 12.5. The maximum Gasteiger partial charge on any atom is 0.279 e. The number of thiazole rings is 1. The van der Waals surface area contributed by atoms with E-state index in [-0.39, 0.29) is 5.91 Å². The fraction of sp³-hybridized carbons (Fsp3) is 0.158. The van der Waals surface area contributed by atoms with Crippen LogP contribution >= 0.6 is 34.5 Å². The number of para-hydroxylation sites is 1. The molecule has 0 saturated heterocycles. The Bertz CT molecular complexity index is 879. The smallest absolute Gasteiger partial charge is 0.279 e. The van der Waals surface area contributed by atoms with Crippen molar-refractivity contribution in [2.45, 2.75) is 6.54 Å². The predicted octanol–water partition coefficient (Wildman–Crippen LogP) is 3.77. The number of benzene rings is 2. The van der Waals surface area contributed by atoms with Crippen LogP contribution in [0.4, 0.5) is 5.69 Å². The lowest BCUT2D eigenvalue weighted by Gasteiger charge is -2.13. The lowest BCUT2D eigenvalue weighted by Crippen LogP contribution is -3.08. The number of carbonyl (C=O) groups excluding carboxylic acids is 1. The van der Waals surface area contributed by atoms with Crippen molar-refractivity contribution in [3.05, 3.63) is 69.7 Å². The van der Waals surface area contributed by atoms with Crippen LogP contribution in [0, 0.1) is 0 Å². The fourth-order valence-electron chi connectivity index (χ4n) is 2.55. The minimum Gasteiger partial charge on any atom is -0.325 e. The van der Waals surface area contributed by atoms with Crippen molar-refractivity contribution in [1.82, 2.24) is 4.98 Å². The van der Waals surface area contributed by atoms with Crippen LogP contribution in [0.25, 0.3) is 10.6 Å². The second-order valence-corrected chi connectivity index (χ2v) is 7.64. The van der Waals surface area contributed by atoms with Crippen molar-refractivity contribution >= 4 is 46.1 Å². The maximum atomic E-state index is 12.3. The second-order valence-electron chi connectivity index (χ2n) is 5.97. The Morgan fingerprint density at radius 1 is 1.12 bits per heavy atom. The summed E-state index contributed by atoms with van der Waals surface area (Å²) < 4.78 is 0. The molecule has 1 unspecified atom stereocenters. The zero-order valence-electron chi connectivity index (χ0n) is 14.1. The van der Waals surface area contributed by atoms with E-state index >= 15 is 0 Å². The molecule has 0 bridgehead atoms. The Morgan fingerprint density at radius 3 is 2.50 bits per heavy atom. The standard InChI is InChI=1S/C19H17Cl2N3OS/c1-24(11-17(25)23-18-15(20)8-5-9-16(18)21)10-14-12-26-19(22-14)13-6-3-2-4-7-13/h2-9,12H,10-11H2,1H3,(H,23,25)/p+1. The van der Waals surface area contributed by atoms with Gasteiger partial charge in [-0.1, -0.05) is 59.6 Å². The van der Waals surface area contributed by atoms with Crippen molar-refractivity contribution in [1.29, 1.82) is 0 Å². The number of quaternary nitrogens is 1. The first-order valence-corrected chi connectivity index (χ1v) is 9.71. The minimum absolute atomic E-state index is 0.143. The minimum atomic E-state index is -0.143. The van der Waals surface area contributed by atoms with E-state index < -0.39 is 0 Å². The summed E-state index contributed by atoms with van der Waals surface area (Å²) in [7, 11) is 1.95. The molecule has 0 radical (unpaired) electrons. The van der Waals surface area contributed by atoms with Crippen LogP contribution in [0.3, 0.4) is 0 Å². The van der Waals surface area contributed by atoms with E-state index in [2.05, 4.69) is 10.3 Å². The van der Waals surface area contributed by atoms with Gasteiger partial charge in [0.1, 0.15) is 17.2 Å². The molecule has 0 fully saturated rings. The molecule has 0 aliphatic carbocycles. The molecule has 0 saturated carbocycles. The van der Waals surface area contributed by atoms with Crippen LogP contribution in [-0.4, -0.2) is 24.5 Å². The number of likely N-dealkylation sites (N-methyl/N-ethyl adjacent to an activating group) is 1. The summed E-state index contributed by atoms with van der Waals surface area (Å²) in [6, 6.07) is 15.2. The molecule has 3 rings (SSSR count). The molecule has 1 aromatic heterocycles. The van der Waals surface area contributed by atoms with Crippen LogP contribution in [0.1, 0.15) is 5.69 Å². The van der Waals surface area contributed by atoms with Gasteiger partial charge in [-0.2, -0.15) is 0 Å². The normalized spacial score (nSPS) is 12.0. The van der Waals surface area contributed by atoms with Crippen LogP contribution in [0.5, 0.6) is 0 Å². The fourth-order valence-corrected chi connectivity index (χ4v) is 3.87. The molecular formula is C19H18Cl2N3OS+. The number of anilines is 1. The number of hydrogen-bond donors (Lipinski definition) is 2. The van der Waals surface area contributed by atoms with E-state index in [1.54, 1.807) is 29.5 Å². The molecule has 0 spiro atoms. The number of amides is 1. The zero-order valence-corrected chi connectivity index (χ0v) is 16.5. The first-order valence-electron chi connectivity index (χ1n) is 8.08. The Morgan fingerprint density at radius 2 is 1.81 bits per heavy atom. The number of aromatic nitrogens is 1. The van der Waals surface area contributed by atoms with Crippen LogP contribution < -0.4 is 10.2 Å². The van der Waals surface area contributed by atoms with Gasteiger partial charge in [-0.15, -0.1) is 11.3 Å². The average Bonchev–Trinajstić information content (AvgIpc) is 3.07.